The number of anilines is 1. The highest BCUT2D eigenvalue weighted by atomic mass is 16.3. The van der Waals surface area contributed by atoms with Crippen molar-refractivity contribution in [1.82, 2.24) is 19.9 Å². The lowest BCUT2D eigenvalue weighted by Crippen LogP contribution is -2.17. The third-order valence-electron chi connectivity index (χ3n) is 4.33. The van der Waals surface area contributed by atoms with E-state index in [1.165, 1.54) is 6.33 Å². The summed E-state index contributed by atoms with van der Waals surface area (Å²) < 4.78 is 0. The first-order valence-corrected chi connectivity index (χ1v) is 7.74. The predicted octanol–water partition coefficient (Wildman–Crippen LogP) is 2.41. The van der Waals surface area contributed by atoms with Gasteiger partial charge in [-0.2, -0.15) is 0 Å². The zero-order valence-electron chi connectivity index (χ0n) is 12.6. The topological polar surface area (TPSA) is 86.7 Å². The molecule has 1 aliphatic rings. The Bertz CT molecular complexity index is 806. The minimum atomic E-state index is -0.358. The Kier molecular flexibility index (Phi) is 3.46. The standard InChI is InChI=1S/C17H18N5O/c1-10-7-12(8-13(10)23)20-16-14-17(19-9-18-16)22-15(21-14)11-5-3-2-4-6-11/h2-6,9-10,12-13,23H,1,7-8H2,(H2,18,19,20,21,22)/t10-,12+,13-/m0/s1. The summed E-state index contributed by atoms with van der Waals surface area (Å²) >= 11 is 0. The largest absolute Gasteiger partial charge is 0.393 e. The van der Waals surface area contributed by atoms with Crippen LogP contribution in [0.3, 0.4) is 0 Å². The van der Waals surface area contributed by atoms with E-state index in [9.17, 15) is 5.11 Å². The lowest BCUT2D eigenvalue weighted by Gasteiger charge is -2.12. The van der Waals surface area contributed by atoms with E-state index in [2.05, 4.69) is 32.2 Å². The first-order valence-electron chi connectivity index (χ1n) is 7.74. The Hall–Kier alpha value is -2.47. The van der Waals surface area contributed by atoms with Gasteiger partial charge in [-0.1, -0.05) is 30.3 Å². The van der Waals surface area contributed by atoms with E-state index >= 15 is 0 Å². The lowest BCUT2D eigenvalue weighted by molar-refractivity contribution is 0.151. The van der Waals surface area contributed by atoms with Crippen molar-refractivity contribution in [3.63, 3.8) is 0 Å². The van der Waals surface area contributed by atoms with Crippen LogP contribution < -0.4 is 5.32 Å². The van der Waals surface area contributed by atoms with Crippen LogP contribution in [0.1, 0.15) is 12.8 Å². The van der Waals surface area contributed by atoms with Gasteiger partial charge in [-0.25, -0.2) is 15.0 Å². The van der Waals surface area contributed by atoms with Gasteiger partial charge in [0.15, 0.2) is 17.0 Å². The van der Waals surface area contributed by atoms with Crippen LogP contribution in [0.25, 0.3) is 22.6 Å². The normalized spacial score (nSPS) is 24.2. The third kappa shape index (κ3) is 2.66. The van der Waals surface area contributed by atoms with E-state index in [4.69, 9.17) is 0 Å². The second-order valence-electron chi connectivity index (χ2n) is 6.01. The van der Waals surface area contributed by atoms with Gasteiger partial charge < -0.3 is 15.4 Å². The number of nitrogens with zero attached hydrogens (tertiary/aromatic N) is 3. The van der Waals surface area contributed by atoms with E-state index in [1.807, 2.05) is 30.3 Å². The molecule has 4 rings (SSSR count). The number of rotatable bonds is 3. The molecule has 6 nitrogen and oxygen atoms in total. The third-order valence-corrected chi connectivity index (χ3v) is 4.33. The summed E-state index contributed by atoms with van der Waals surface area (Å²) in [6.07, 6.45) is 2.66. The number of aromatic amines is 1. The number of hydrogen-bond donors (Lipinski definition) is 3. The maximum Gasteiger partial charge on any atom is 0.163 e. The molecule has 0 spiro atoms. The van der Waals surface area contributed by atoms with Crippen LogP contribution in [0.4, 0.5) is 5.82 Å². The van der Waals surface area contributed by atoms with E-state index in [0.29, 0.717) is 23.4 Å². The van der Waals surface area contributed by atoms with Crippen LogP contribution in [0.15, 0.2) is 36.7 Å². The number of aromatic nitrogens is 4. The van der Waals surface area contributed by atoms with Gasteiger partial charge in [-0.05, 0) is 25.7 Å². The summed E-state index contributed by atoms with van der Waals surface area (Å²) in [7, 11) is 0. The predicted molar refractivity (Wildman–Crippen MR) is 88.6 cm³/mol. The van der Waals surface area contributed by atoms with Crippen molar-refractivity contribution in [2.75, 3.05) is 5.32 Å². The van der Waals surface area contributed by atoms with Crippen LogP contribution in [-0.2, 0) is 0 Å². The van der Waals surface area contributed by atoms with Crippen LogP contribution in [0, 0.1) is 12.8 Å². The Balaban J connectivity index is 1.67. The van der Waals surface area contributed by atoms with Gasteiger partial charge in [0.05, 0.1) is 6.10 Å². The number of aliphatic hydroxyl groups excluding tert-OH is 1. The quantitative estimate of drug-likeness (QED) is 0.691. The molecule has 23 heavy (non-hydrogen) atoms. The van der Waals surface area contributed by atoms with Gasteiger partial charge in [0.2, 0.25) is 0 Å². The van der Waals surface area contributed by atoms with Gasteiger partial charge in [0, 0.05) is 11.6 Å². The van der Waals surface area contributed by atoms with Gasteiger partial charge in [0.1, 0.15) is 12.2 Å². The Labute approximate surface area is 134 Å². The molecule has 3 N–H and O–H groups in total. The summed E-state index contributed by atoms with van der Waals surface area (Å²) in [4.78, 5) is 16.5. The monoisotopic (exact) mass is 308 g/mol. The summed E-state index contributed by atoms with van der Waals surface area (Å²) in [6.45, 7) is 3.97. The number of aliphatic hydroxyl groups is 1. The fourth-order valence-corrected chi connectivity index (χ4v) is 3.08. The van der Waals surface area contributed by atoms with Crippen molar-refractivity contribution in [1.29, 1.82) is 0 Å². The number of fused-ring (bicyclic) bond motifs is 1. The molecule has 117 valence electrons. The molecule has 0 unspecified atom stereocenters. The van der Waals surface area contributed by atoms with E-state index in [1.54, 1.807) is 0 Å². The number of imidazole rings is 1. The average molecular weight is 308 g/mol. The molecule has 1 fully saturated rings. The van der Waals surface area contributed by atoms with Crippen molar-refractivity contribution in [2.45, 2.75) is 25.0 Å². The lowest BCUT2D eigenvalue weighted by atomic mass is 10.1. The first kappa shape index (κ1) is 14.1. The Morgan fingerprint density at radius 1 is 1.17 bits per heavy atom. The van der Waals surface area contributed by atoms with Crippen LogP contribution in [0.5, 0.6) is 0 Å². The van der Waals surface area contributed by atoms with Crippen molar-refractivity contribution in [3.8, 4) is 11.4 Å². The number of nitrogens with one attached hydrogen (secondary N) is 2. The molecule has 1 radical (unpaired) electrons. The van der Waals surface area contributed by atoms with Gasteiger partial charge >= 0.3 is 0 Å². The van der Waals surface area contributed by atoms with Gasteiger partial charge in [-0.3, -0.25) is 0 Å². The molecular formula is C17H18N5O. The number of hydrogen-bond acceptors (Lipinski definition) is 5. The molecule has 0 saturated heterocycles. The van der Waals surface area contributed by atoms with Crippen molar-refractivity contribution < 1.29 is 5.11 Å². The van der Waals surface area contributed by atoms with Crippen molar-refractivity contribution in [3.05, 3.63) is 43.6 Å². The van der Waals surface area contributed by atoms with Crippen LogP contribution in [0.2, 0.25) is 0 Å². The van der Waals surface area contributed by atoms with Gasteiger partial charge in [0.25, 0.3) is 0 Å². The molecule has 1 aliphatic carbocycles. The smallest absolute Gasteiger partial charge is 0.163 e. The highest BCUT2D eigenvalue weighted by molar-refractivity contribution is 5.85. The molecule has 1 aromatic carbocycles. The van der Waals surface area contributed by atoms with E-state index in [0.717, 1.165) is 17.8 Å². The van der Waals surface area contributed by atoms with Crippen LogP contribution in [-0.4, -0.2) is 37.2 Å². The molecule has 0 aliphatic heterocycles. The summed E-state index contributed by atoms with van der Waals surface area (Å²) in [6, 6.07) is 10.1. The molecule has 0 bridgehead atoms. The highest BCUT2D eigenvalue weighted by Crippen LogP contribution is 2.29. The van der Waals surface area contributed by atoms with Crippen molar-refractivity contribution in [2.24, 2.45) is 5.92 Å². The zero-order chi connectivity index (χ0) is 15.8. The molecule has 6 heteroatoms. The Morgan fingerprint density at radius 2 is 2.00 bits per heavy atom. The van der Waals surface area contributed by atoms with Crippen LogP contribution >= 0.6 is 0 Å². The summed E-state index contributed by atoms with van der Waals surface area (Å²) in [5, 5.41) is 13.2. The summed E-state index contributed by atoms with van der Waals surface area (Å²) in [5.74, 6) is 1.52. The SMILES string of the molecule is [CH2][C@H]1C[C@@H](Nc2ncnc3[nH]c(-c4ccccc4)nc23)C[C@@H]1O. The second-order valence-corrected chi connectivity index (χ2v) is 6.01. The molecule has 3 atom stereocenters. The Morgan fingerprint density at radius 3 is 2.74 bits per heavy atom. The molecular weight excluding hydrogens is 290 g/mol. The second kappa shape index (κ2) is 5.62. The maximum atomic E-state index is 9.86. The van der Waals surface area contributed by atoms with E-state index in [-0.39, 0.29) is 18.1 Å². The van der Waals surface area contributed by atoms with E-state index < -0.39 is 0 Å². The number of H-pyrrole nitrogens is 1. The molecule has 0 amide bonds. The minimum absolute atomic E-state index is 0.0592. The minimum Gasteiger partial charge on any atom is -0.393 e. The summed E-state index contributed by atoms with van der Waals surface area (Å²) in [5.41, 5.74) is 2.42. The molecule has 2 heterocycles. The fraction of sp³-hybridized carbons (Fsp3) is 0.294. The first-order chi connectivity index (χ1) is 11.2. The molecule has 2 aromatic heterocycles. The number of benzene rings is 1. The molecule has 1 saturated carbocycles. The van der Waals surface area contributed by atoms with Gasteiger partial charge in [-0.15, -0.1) is 0 Å². The zero-order valence-corrected chi connectivity index (χ0v) is 12.6. The highest BCUT2D eigenvalue weighted by Gasteiger charge is 2.30. The maximum absolute atomic E-state index is 9.86. The fourth-order valence-electron chi connectivity index (χ4n) is 3.08. The van der Waals surface area contributed by atoms with Crippen molar-refractivity contribution >= 4 is 17.0 Å². The average Bonchev–Trinajstić information content (AvgIpc) is 3.13. The molecule has 3 aromatic rings.